The molecule has 1 aliphatic carbocycles. The first kappa shape index (κ1) is 38.2. The molecule has 0 amide bonds. The summed E-state index contributed by atoms with van der Waals surface area (Å²) in [7, 11) is 0. The Balaban J connectivity index is 1.06. The summed E-state index contributed by atoms with van der Waals surface area (Å²) in [6, 6.07) is 91.5. The molecule has 0 heterocycles. The molecule has 0 spiro atoms. The van der Waals surface area contributed by atoms with Crippen molar-refractivity contribution in [2.45, 2.75) is 24.7 Å². The Morgan fingerprint density at radius 2 is 0.730 bits per heavy atom. The molecule has 63 heavy (non-hydrogen) atoms. The molecule has 0 bridgehead atoms. The molecule has 1 aliphatic rings. The van der Waals surface area contributed by atoms with E-state index in [2.05, 4.69) is 267 Å². The van der Waals surface area contributed by atoms with E-state index in [1.807, 2.05) is 0 Å². The average molecular weight is 806 g/mol. The van der Waals surface area contributed by atoms with Crippen molar-refractivity contribution < 1.29 is 0 Å². The van der Waals surface area contributed by atoms with Crippen LogP contribution >= 0.6 is 0 Å². The van der Waals surface area contributed by atoms with E-state index in [1.165, 1.54) is 77.5 Å². The van der Waals surface area contributed by atoms with E-state index in [4.69, 9.17) is 0 Å². The number of hydrogen-bond acceptors (Lipinski definition) is 1. The molecule has 0 radical (unpaired) electrons. The van der Waals surface area contributed by atoms with Crippen LogP contribution in [0.15, 0.2) is 249 Å². The molecule has 11 rings (SSSR count). The number of fused-ring (bicyclic) bond motifs is 4. The molecular formula is C62H47N. The topological polar surface area (TPSA) is 3.24 Å². The standard InChI is InChI=1S/C62H47N/c1-61(2)59-25-15-14-24-57(59)58-41-34-53(43-60(58)61)62(50-20-8-4-9-21-50,51-22-10-5-11-23-51)52-32-39-56(40-33-52)63(54-35-28-46(29-36-54)44-16-6-3-7-17-44)55-37-30-47(31-38-55)49-27-26-45-18-12-13-19-48(45)42-49/h3-43H,1-2H3. The van der Waals surface area contributed by atoms with Crippen molar-refractivity contribution >= 4 is 27.8 Å². The second-order valence-corrected chi connectivity index (χ2v) is 17.3. The summed E-state index contributed by atoms with van der Waals surface area (Å²) in [5.74, 6) is 0. The van der Waals surface area contributed by atoms with Gasteiger partial charge in [-0.1, -0.05) is 220 Å². The van der Waals surface area contributed by atoms with Gasteiger partial charge in [0.15, 0.2) is 0 Å². The number of benzene rings is 10. The molecule has 1 nitrogen and oxygen atoms in total. The maximum atomic E-state index is 2.50. The second-order valence-electron chi connectivity index (χ2n) is 17.3. The Kier molecular flexibility index (Phi) is 9.47. The summed E-state index contributed by atoms with van der Waals surface area (Å²) < 4.78 is 0. The zero-order valence-electron chi connectivity index (χ0n) is 35.6. The summed E-state index contributed by atoms with van der Waals surface area (Å²) in [5.41, 5.74) is 17.7. The van der Waals surface area contributed by atoms with Crippen LogP contribution in [-0.4, -0.2) is 0 Å². The molecule has 0 atom stereocenters. The van der Waals surface area contributed by atoms with Gasteiger partial charge in [0.05, 0.1) is 5.41 Å². The predicted octanol–water partition coefficient (Wildman–Crippen LogP) is 16.3. The second kappa shape index (κ2) is 15.6. The maximum absolute atomic E-state index is 2.50. The highest BCUT2D eigenvalue weighted by Gasteiger charge is 2.42. The van der Waals surface area contributed by atoms with Crippen molar-refractivity contribution in [3.05, 3.63) is 282 Å². The summed E-state index contributed by atoms with van der Waals surface area (Å²) in [6.45, 7) is 4.75. The van der Waals surface area contributed by atoms with Gasteiger partial charge >= 0.3 is 0 Å². The molecule has 10 aromatic rings. The predicted molar refractivity (Wildman–Crippen MR) is 265 cm³/mol. The van der Waals surface area contributed by atoms with E-state index in [-0.39, 0.29) is 5.41 Å². The van der Waals surface area contributed by atoms with E-state index in [0.29, 0.717) is 0 Å². The first-order valence-corrected chi connectivity index (χ1v) is 22.0. The highest BCUT2D eigenvalue weighted by atomic mass is 15.1. The highest BCUT2D eigenvalue weighted by molar-refractivity contribution is 5.88. The van der Waals surface area contributed by atoms with Gasteiger partial charge < -0.3 is 4.90 Å². The van der Waals surface area contributed by atoms with Gasteiger partial charge in [-0.05, 0) is 120 Å². The molecule has 1 heteroatoms. The minimum absolute atomic E-state index is 0.134. The van der Waals surface area contributed by atoms with E-state index in [0.717, 1.165) is 17.1 Å². The van der Waals surface area contributed by atoms with Gasteiger partial charge in [0.1, 0.15) is 0 Å². The highest BCUT2D eigenvalue weighted by Crippen LogP contribution is 2.52. The largest absolute Gasteiger partial charge is 0.311 e. The Bertz CT molecular complexity index is 3160. The van der Waals surface area contributed by atoms with Crippen LogP contribution in [0.1, 0.15) is 47.2 Å². The zero-order chi connectivity index (χ0) is 42.4. The fourth-order valence-electron chi connectivity index (χ4n) is 10.2. The van der Waals surface area contributed by atoms with E-state index in [9.17, 15) is 0 Å². The normalized spacial score (nSPS) is 12.7. The van der Waals surface area contributed by atoms with E-state index >= 15 is 0 Å². The summed E-state index contributed by atoms with van der Waals surface area (Å²) in [5, 5.41) is 2.50. The quantitative estimate of drug-likeness (QED) is 0.131. The van der Waals surface area contributed by atoms with Crippen LogP contribution in [0.3, 0.4) is 0 Å². The molecule has 0 saturated carbocycles. The van der Waals surface area contributed by atoms with Crippen LogP contribution in [0.25, 0.3) is 44.2 Å². The van der Waals surface area contributed by atoms with Crippen molar-refractivity contribution in [1.82, 2.24) is 0 Å². The van der Waals surface area contributed by atoms with Crippen LogP contribution in [0.4, 0.5) is 17.1 Å². The van der Waals surface area contributed by atoms with Crippen LogP contribution in [0, 0.1) is 0 Å². The van der Waals surface area contributed by atoms with E-state index < -0.39 is 5.41 Å². The van der Waals surface area contributed by atoms with Crippen LogP contribution in [0.5, 0.6) is 0 Å². The summed E-state index contributed by atoms with van der Waals surface area (Å²) in [6.07, 6.45) is 0. The molecular weight excluding hydrogens is 759 g/mol. The average Bonchev–Trinajstić information content (AvgIpc) is 3.58. The van der Waals surface area contributed by atoms with E-state index in [1.54, 1.807) is 0 Å². The number of rotatable bonds is 9. The first-order chi connectivity index (χ1) is 31.0. The van der Waals surface area contributed by atoms with Crippen molar-refractivity contribution in [2.24, 2.45) is 0 Å². The maximum Gasteiger partial charge on any atom is 0.0701 e. The Morgan fingerprint density at radius 1 is 0.302 bits per heavy atom. The first-order valence-electron chi connectivity index (χ1n) is 22.0. The van der Waals surface area contributed by atoms with Crippen molar-refractivity contribution in [2.75, 3.05) is 4.90 Å². The fraction of sp³-hybridized carbons (Fsp3) is 0.0645. The Hall–Kier alpha value is -7.74. The van der Waals surface area contributed by atoms with Crippen molar-refractivity contribution in [3.63, 3.8) is 0 Å². The lowest BCUT2D eigenvalue weighted by molar-refractivity contribution is 0.654. The molecule has 10 aromatic carbocycles. The lowest BCUT2D eigenvalue weighted by Crippen LogP contribution is -2.31. The SMILES string of the molecule is CC1(C)c2ccccc2-c2ccc(C(c3ccccc3)(c3ccccc3)c3ccc(N(c4ccc(-c5ccccc5)cc4)c4ccc(-c5ccc6ccccc6c5)cc4)cc3)cc21. The molecule has 0 aliphatic heterocycles. The molecule has 0 unspecified atom stereocenters. The zero-order valence-corrected chi connectivity index (χ0v) is 35.6. The third kappa shape index (κ3) is 6.56. The molecule has 0 saturated heterocycles. The molecule has 0 aromatic heterocycles. The lowest BCUT2D eigenvalue weighted by atomic mass is 9.64. The smallest absolute Gasteiger partial charge is 0.0701 e. The van der Waals surface area contributed by atoms with Gasteiger partial charge in [0, 0.05) is 22.5 Å². The lowest BCUT2D eigenvalue weighted by Gasteiger charge is -2.38. The minimum Gasteiger partial charge on any atom is -0.311 e. The third-order valence-corrected chi connectivity index (χ3v) is 13.4. The fourth-order valence-corrected chi connectivity index (χ4v) is 10.2. The molecule has 0 N–H and O–H groups in total. The summed E-state index contributed by atoms with van der Waals surface area (Å²) in [4.78, 5) is 2.38. The molecule has 0 fully saturated rings. The number of nitrogens with zero attached hydrogens (tertiary/aromatic N) is 1. The van der Waals surface area contributed by atoms with Gasteiger partial charge in [0.25, 0.3) is 0 Å². The van der Waals surface area contributed by atoms with Crippen LogP contribution in [0.2, 0.25) is 0 Å². The van der Waals surface area contributed by atoms with Gasteiger partial charge in [-0.3, -0.25) is 0 Å². The van der Waals surface area contributed by atoms with Crippen molar-refractivity contribution in [1.29, 1.82) is 0 Å². The van der Waals surface area contributed by atoms with Crippen LogP contribution in [-0.2, 0) is 10.8 Å². The van der Waals surface area contributed by atoms with Gasteiger partial charge in [-0.15, -0.1) is 0 Å². The Labute approximate surface area is 371 Å². The monoisotopic (exact) mass is 805 g/mol. The van der Waals surface area contributed by atoms with Crippen LogP contribution < -0.4 is 4.90 Å². The molecule has 300 valence electrons. The number of anilines is 3. The summed E-state index contributed by atoms with van der Waals surface area (Å²) >= 11 is 0. The van der Waals surface area contributed by atoms with Gasteiger partial charge in [-0.2, -0.15) is 0 Å². The van der Waals surface area contributed by atoms with Crippen molar-refractivity contribution in [3.8, 4) is 33.4 Å². The minimum atomic E-state index is -0.593. The Morgan fingerprint density at radius 3 is 1.35 bits per heavy atom. The third-order valence-electron chi connectivity index (χ3n) is 13.4. The van der Waals surface area contributed by atoms with Gasteiger partial charge in [0.2, 0.25) is 0 Å². The number of hydrogen-bond donors (Lipinski definition) is 0. The van der Waals surface area contributed by atoms with Gasteiger partial charge in [-0.25, -0.2) is 0 Å².